The van der Waals surface area contributed by atoms with E-state index < -0.39 is 18.2 Å². The van der Waals surface area contributed by atoms with Gasteiger partial charge < -0.3 is 20.5 Å². The second-order valence-corrected chi connectivity index (χ2v) is 5.13. The Balaban J connectivity index is 1.90. The molecule has 1 unspecified atom stereocenters. The minimum atomic E-state index is -1.06. The van der Waals surface area contributed by atoms with Crippen molar-refractivity contribution in [2.45, 2.75) is 13.2 Å². The van der Waals surface area contributed by atoms with Gasteiger partial charge in [0.25, 0.3) is 0 Å². The van der Waals surface area contributed by atoms with Crippen LogP contribution in [0, 0.1) is 0 Å². The molecule has 0 aliphatic rings. The molecule has 0 spiro atoms. The zero-order valence-electron chi connectivity index (χ0n) is 12.2. The normalized spacial score (nSPS) is 11.4. The molecule has 0 aromatic heterocycles. The molecule has 23 heavy (non-hydrogen) atoms. The highest BCUT2D eigenvalue weighted by atomic mass is 35.5. The van der Waals surface area contributed by atoms with Crippen LogP contribution < -0.4 is 15.4 Å². The van der Waals surface area contributed by atoms with E-state index in [-0.39, 0.29) is 5.56 Å². The topological polar surface area (TPSA) is 87.7 Å². The van der Waals surface area contributed by atoms with E-state index in [9.17, 15) is 9.59 Å². The first-order chi connectivity index (χ1) is 10.9. The summed E-state index contributed by atoms with van der Waals surface area (Å²) in [6.07, 6.45) is -0.584. The third kappa shape index (κ3) is 5.19. The molecular weight excluding hydrogens is 320 g/mol. The number of ether oxygens (including phenoxy) is 1. The van der Waals surface area contributed by atoms with Gasteiger partial charge in [-0.1, -0.05) is 17.7 Å². The maximum atomic E-state index is 11.9. The Kier molecular flexibility index (Phi) is 5.43. The predicted molar refractivity (Wildman–Crippen MR) is 87.1 cm³/mol. The molecule has 7 heteroatoms. The quantitative estimate of drug-likeness (QED) is 0.729. The van der Waals surface area contributed by atoms with E-state index in [4.69, 9.17) is 21.4 Å². The van der Waals surface area contributed by atoms with Crippen molar-refractivity contribution < 1.29 is 19.4 Å². The molecular formula is C16H15ClN2O4. The van der Waals surface area contributed by atoms with Crippen LogP contribution in [0.4, 0.5) is 10.5 Å². The second kappa shape index (κ2) is 7.51. The Labute approximate surface area is 138 Å². The van der Waals surface area contributed by atoms with Gasteiger partial charge in [0.15, 0.2) is 6.23 Å². The maximum absolute atomic E-state index is 11.9. The van der Waals surface area contributed by atoms with E-state index >= 15 is 0 Å². The van der Waals surface area contributed by atoms with Gasteiger partial charge in [-0.05, 0) is 49.4 Å². The standard InChI is InChI=1S/C16H15ClN2O4/c1-10(23-14-7-5-12(17)6-8-14)18-16(22)19-13-4-2-3-11(9-13)15(20)21/h2-10H,1H3,(H,20,21)(H2,18,19,22). The number of aromatic carboxylic acids is 1. The average molecular weight is 335 g/mol. The molecule has 2 aromatic carbocycles. The average Bonchev–Trinajstić information content (AvgIpc) is 2.49. The number of urea groups is 1. The van der Waals surface area contributed by atoms with Gasteiger partial charge in [0.1, 0.15) is 5.75 Å². The molecule has 6 nitrogen and oxygen atoms in total. The number of carboxylic acids is 1. The van der Waals surface area contributed by atoms with Crippen molar-refractivity contribution in [2.75, 3.05) is 5.32 Å². The predicted octanol–water partition coefficient (Wildman–Crippen LogP) is 3.58. The highest BCUT2D eigenvalue weighted by Gasteiger charge is 2.10. The third-order valence-corrected chi connectivity index (χ3v) is 3.08. The Morgan fingerprint density at radius 3 is 2.52 bits per heavy atom. The number of amides is 2. The number of nitrogens with one attached hydrogen (secondary N) is 2. The summed E-state index contributed by atoms with van der Waals surface area (Å²) < 4.78 is 5.51. The summed E-state index contributed by atoms with van der Waals surface area (Å²) >= 11 is 5.78. The lowest BCUT2D eigenvalue weighted by Crippen LogP contribution is -2.39. The van der Waals surface area contributed by atoms with E-state index in [1.807, 2.05) is 0 Å². The number of carboxylic acid groups (broad SMARTS) is 1. The van der Waals surface area contributed by atoms with Gasteiger partial charge in [-0.2, -0.15) is 0 Å². The number of benzene rings is 2. The smallest absolute Gasteiger partial charge is 0.335 e. The van der Waals surface area contributed by atoms with Gasteiger partial charge in [-0.3, -0.25) is 0 Å². The lowest BCUT2D eigenvalue weighted by Gasteiger charge is -2.17. The summed E-state index contributed by atoms with van der Waals surface area (Å²) in [5.41, 5.74) is 0.467. The van der Waals surface area contributed by atoms with Gasteiger partial charge in [-0.25, -0.2) is 9.59 Å². The largest absolute Gasteiger partial charge is 0.478 e. The maximum Gasteiger partial charge on any atom is 0.335 e. The SMILES string of the molecule is CC(NC(=O)Nc1cccc(C(=O)O)c1)Oc1ccc(Cl)cc1. The monoisotopic (exact) mass is 334 g/mol. The van der Waals surface area contributed by atoms with Gasteiger partial charge in [-0.15, -0.1) is 0 Å². The molecule has 1 atom stereocenters. The molecule has 0 bridgehead atoms. The molecule has 2 aromatic rings. The van der Waals surface area contributed by atoms with Crippen LogP contribution in [0.5, 0.6) is 5.75 Å². The van der Waals surface area contributed by atoms with Crippen molar-refractivity contribution in [1.29, 1.82) is 0 Å². The number of hydrogen-bond donors (Lipinski definition) is 3. The highest BCUT2D eigenvalue weighted by Crippen LogP contribution is 2.16. The Morgan fingerprint density at radius 2 is 1.87 bits per heavy atom. The zero-order valence-corrected chi connectivity index (χ0v) is 13.0. The fourth-order valence-corrected chi connectivity index (χ4v) is 1.95. The summed E-state index contributed by atoms with van der Waals surface area (Å²) in [5, 5.41) is 14.6. The van der Waals surface area contributed by atoms with Crippen molar-refractivity contribution in [1.82, 2.24) is 5.32 Å². The van der Waals surface area contributed by atoms with Gasteiger partial charge in [0.05, 0.1) is 5.56 Å². The molecule has 2 rings (SSSR count). The summed E-state index contributed by atoms with van der Waals surface area (Å²) in [7, 11) is 0. The molecule has 0 fully saturated rings. The summed E-state index contributed by atoms with van der Waals surface area (Å²) in [6, 6.07) is 12.2. The molecule has 0 aliphatic heterocycles. The Hall–Kier alpha value is -2.73. The Bertz CT molecular complexity index is 703. The van der Waals surface area contributed by atoms with Crippen LogP contribution >= 0.6 is 11.6 Å². The number of halogens is 1. The van der Waals surface area contributed by atoms with E-state index in [1.54, 1.807) is 43.3 Å². The first-order valence-corrected chi connectivity index (χ1v) is 7.15. The molecule has 0 radical (unpaired) electrons. The molecule has 0 saturated carbocycles. The lowest BCUT2D eigenvalue weighted by molar-refractivity contribution is 0.0697. The summed E-state index contributed by atoms with van der Waals surface area (Å²) in [4.78, 5) is 22.8. The van der Waals surface area contributed by atoms with E-state index in [0.717, 1.165) is 0 Å². The van der Waals surface area contributed by atoms with Gasteiger partial charge in [0.2, 0.25) is 0 Å². The minimum Gasteiger partial charge on any atom is -0.478 e. The van der Waals surface area contributed by atoms with Gasteiger partial charge in [0, 0.05) is 10.7 Å². The molecule has 0 aliphatic carbocycles. The van der Waals surface area contributed by atoms with Crippen LogP contribution in [0.1, 0.15) is 17.3 Å². The van der Waals surface area contributed by atoms with Crippen LogP contribution in [-0.4, -0.2) is 23.3 Å². The third-order valence-electron chi connectivity index (χ3n) is 2.83. The Morgan fingerprint density at radius 1 is 1.17 bits per heavy atom. The van der Waals surface area contributed by atoms with Crippen LogP contribution in [0.15, 0.2) is 48.5 Å². The van der Waals surface area contributed by atoms with E-state index in [0.29, 0.717) is 16.5 Å². The van der Waals surface area contributed by atoms with Gasteiger partial charge >= 0.3 is 12.0 Å². The zero-order chi connectivity index (χ0) is 16.8. The van der Waals surface area contributed by atoms with E-state index in [1.165, 1.54) is 12.1 Å². The molecule has 0 saturated heterocycles. The van der Waals surface area contributed by atoms with Crippen LogP contribution in [-0.2, 0) is 0 Å². The molecule has 2 amide bonds. The van der Waals surface area contributed by atoms with Crippen molar-refractivity contribution in [3.8, 4) is 5.75 Å². The number of carbonyl (C=O) groups is 2. The van der Waals surface area contributed by atoms with Crippen LogP contribution in [0.2, 0.25) is 5.02 Å². The molecule has 120 valence electrons. The van der Waals surface area contributed by atoms with Crippen molar-refractivity contribution in [3.05, 3.63) is 59.1 Å². The van der Waals surface area contributed by atoms with Crippen LogP contribution in [0.25, 0.3) is 0 Å². The first-order valence-electron chi connectivity index (χ1n) is 6.77. The molecule has 0 heterocycles. The van der Waals surface area contributed by atoms with E-state index in [2.05, 4.69) is 10.6 Å². The molecule has 3 N–H and O–H groups in total. The lowest BCUT2D eigenvalue weighted by atomic mass is 10.2. The fourth-order valence-electron chi connectivity index (χ4n) is 1.83. The number of rotatable bonds is 5. The van der Waals surface area contributed by atoms with Crippen molar-refractivity contribution >= 4 is 29.3 Å². The number of carbonyl (C=O) groups excluding carboxylic acids is 1. The summed E-state index contributed by atoms with van der Waals surface area (Å²) in [5.74, 6) is -0.497. The second-order valence-electron chi connectivity index (χ2n) is 4.70. The number of hydrogen-bond acceptors (Lipinski definition) is 3. The highest BCUT2D eigenvalue weighted by molar-refractivity contribution is 6.30. The first kappa shape index (κ1) is 16.6. The number of anilines is 1. The fraction of sp³-hybridized carbons (Fsp3) is 0.125. The van der Waals surface area contributed by atoms with Crippen molar-refractivity contribution in [3.63, 3.8) is 0 Å². The summed E-state index contributed by atoms with van der Waals surface area (Å²) in [6.45, 7) is 1.67. The van der Waals surface area contributed by atoms with Crippen LogP contribution in [0.3, 0.4) is 0 Å². The van der Waals surface area contributed by atoms with Crippen molar-refractivity contribution in [2.24, 2.45) is 0 Å². The minimum absolute atomic E-state index is 0.0910.